The third-order valence-electron chi connectivity index (χ3n) is 6.93. The van der Waals surface area contributed by atoms with Crippen LogP contribution < -0.4 is 9.62 Å². The number of rotatable bonds is 10. The van der Waals surface area contributed by atoms with Gasteiger partial charge in [-0.05, 0) is 73.9 Å². The van der Waals surface area contributed by atoms with Crippen LogP contribution in [0.15, 0.2) is 82.2 Å². The number of carbonyl (C=O) groups is 2. The maximum atomic E-state index is 14.0. The van der Waals surface area contributed by atoms with E-state index in [0.717, 1.165) is 34.5 Å². The lowest BCUT2D eigenvalue weighted by Gasteiger charge is -2.32. The number of anilines is 1. The van der Waals surface area contributed by atoms with E-state index in [1.807, 2.05) is 0 Å². The summed E-state index contributed by atoms with van der Waals surface area (Å²) in [6, 6.07) is 18.8. The van der Waals surface area contributed by atoms with Crippen LogP contribution in [-0.2, 0) is 26.2 Å². The molecule has 212 valence electrons. The molecule has 0 aliphatic heterocycles. The second-order valence-corrected chi connectivity index (χ2v) is 13.3. The van der Waals surface area contributed by atoms with Crippen molar-refractivity contribution in [3.05, 3.63) is 92.9 Å². The van der Waals surface area contributed by atoms with Gasteiger partial charge in [-0.25, -0.2) is 8.42 Å². The quantitative estimate of drug-likeness (QED) is 0.270. The Kier molecular flexibility index (Phi) is 10.2. The van der Waals surface area contributed by atoms with Gasteiger partial charge in [0.25, 0.3) is 10.0 Å². The van der Waals surface area contributed by atoms with Crippen LogP contribution in [0.3, 0.4) is 0 Å². The number of amides is 2. The molecule has 11 heteroatoms. The van der Waals surface area contributed by atoms with E-state index in [0.29, 0.717) is 21.3 Å². The minimum Gasteiger partial charge on any atom is -0.352 e. The zero-order valence-corrected chi connectivity index (χ0v) is 25.8. The van der Waals surface area contributed by atoms with Crippen molar-refractivity contribution in [2.45, 2.75) is 56.1 Å². The van der Waals surface area contributed by atoms with Crippen molar-refractivity contribution in [2.24, 2.45) is 0 Å². The summed E-state index contributed by atoms with van der Waals surface area (Å²) in [6.45, 7) is 1.17. The normalized spacial score (nSPS) is 14.5. The predicted molar refractivity (Wildman–Crippen MR) is 162 cm³/mol. The Morgan fingerprint density at radius 1 is 0.975 bits per heavy atom. The summed E-state index contributed by atoms with van der Waals surface area (Å²) in [6.07, 6.45) is 3.88. The smallest absolute Gasteiger partial charge is 0.264 e. The fraction of sp³-hybridized carbons (Fsp3) is 0.310. The number of carbonyl (C=O) groups excluding carboxylic acids is 2. The minimum atomic E-state index is -4.11. The maximum absolute atomic E-state index is 14.0. The first-order valence-corrected chi connectivity index (χ1v) is 15.9. The molecular formula is C29H30BrCl2N3O4S. The van der Waals surface area contributed by atoms with E-state index in [1.54, 1.807) is 67.6 Å². The van der Waals surface area contributed by atoms with Crippen LogP contribution in [0.4, 0.5) is 5.69 Å². The molecule has 1 N–H and O–H groups in total. The van der Waals surface area contributed by atoms with E-state index >= 15 is 0 Å². The SMILES string of the molecule is CC(C(=O)NC1CCCC1)N(Cc1ccc(Cl)c(Cl)c1)C(=O)CN(c1ccc(Br)cc1)S(=O)(=O)c1ccccc1. The molecule has 1 atom stereocenters. The molecule has 0 spiro atoms. The van der Waals surface area contributed by atoms with E-state index < -0.39 is 28.5 Å². The standard InChI is InChI=1S/C29H30BrCl2N3O4S/c1-20(29(37)33-23-7-5-6-8-23)34(18-21-11-16-26(31)27(32)17-21)28(36)19-35(24-14-12-22(30)13-15-24)40(38,39)25-9-3-2-4-10-25/h2-4,9-17,20,23H,5-8,18-19H2,1H3,(H,33,37). The topological polar surface area (TPSA) is 86.8 Å². The molecule has 1 unspecified atom stereocenters. The Labute approximate surface area is 253 Å². The first kappa shape index (κ1) is 30.4. The Morgan fingerprint density at radius 2 is 1.62 bits per heavy atom. The zero-order chi connectivity index (χ0) is 28.9. The number of nitrogens with zero attached hydrogens (tertiary/aromatic N) is 2. The average Bonchev–Trinajstić information content (AvgIpc) is 3.46. The van der Waals surface area contributed by atoms with Gasteiger partial charge in [0.05, 0.1) is 20.6 Å². The molecule has 1 fully saturated rings. The molecule has 0 radical (unpaired) electrons. The summed E-state index contributed by atoms with van der Waals surface area (Å²) in [4.78, 5) is 28.7. The highest BCUT2D eigenvalue weighted by atomic mass is 79.9. The summed E-state index contributed by atoms with van der Waals surface area (Å²) in [5.74, 6) is -0.830. The van der Waals surface area contributed by atoms with Crippen LogP contribution in [0.2, 0.25) is 10.0 Å². The summed E-state index contributed by atoms with van der Waals surface area (Å²) >= 11 is 15.7. The van der Waals surface area contributed by atoms with E-state index in [9.17, 15) is 18.0 Å². The predicted octanol–water partition coefficient (Wildman–Crippen LogP) is 6.43. The van der Waals surface area contributed by atoms with Crippen molar-refractivity contribution in [2.75, 3.05) is 10.8 Å². The zero-order valence-electron chi connectivity index (χ0n) is 21.9. The van der Waals surface area contributed by atoms with Crippen LogP contribution in [0.5, 0.6) is 0 Å². The number of hydrogen-bond acceptors (Lipinski definition) is 4. The molecular weight excluding hydrogens is 637 g/mol. The fourth-order valence-corrected chi connectivity index (χ4v) is 6.69. The molecule has 0 saturated heterocycles. The maximum Gasteiger partial charge on any atom is 0.264 e. The lowest BCUT2D eigenvalue weighted by atomic mass is 10.1. The summed E-state index contributed by atoms with van der Waals surface area (Å²) < 4.78 is 29.4. The molecule has 0 aromatic heterocycles. The van der Waals surface area contributed by atoms with Gasteiger partial charge in [0.2, 0.25) is 11.8 Å². The molecule has 4 rings (SSSR count). The van der Waals surface area contributed by atoms with Crippen LogP contribution in [0.1, 0.15) is 38.2 Å². The molecule has 1 aliphatic carbocycles. The van der Waals surface area contributed by atoms with Crippen molar-refractivity contribution in [3.63, 3.8) is 0 Å². The number of hydrogen-bond donors (Lipinski definition) is 1. The molecule has 0 heterocycles. The Morgan fingerprint density at radius 3 is 2.25 bits per heavy atom. The first-order valence-electron chi connectivity index (χ1n) is 12.9. The van der Waals surface area contributed by atoms with Crippen LogP contribution in [0, 0.1) is 0 Å². The van der Waals surface area contributed by atoms with Crippen molar-refractivity contribution in [1.29, 1.82) is 0 Å². The van der Waals surface area contributed by atoms with Gasteiger partial charge in [-0.15, -0.1) is 0 Å². The van der Waals surface area contributed by atoms with Crippen LogP contribution >= 0.6 is 39.1 Å². The number of nitrogens with one attached hydrogen (secondary N) is 1. The van der Waals surface area contributed by atoms with Gasteiger partial charge in [0, 0.05) is 17.1 Å². The van der Waals surface area contributed by atoms with Gasteiger partial charge in [0.1, 0.15) is 12.6 Å². The third-order valence-corrected chi connectivity index (χ3v) is 9.99. The third kappa shape index (κ3) is 7.37. The van der Waals surface area contributed by atoms with Crippen molar-refractivity contribution < 1.29 is 18.0 Å². The lowest BCUT2D eigenvalue weighted by Crippen LogP contribution is -2.52. The highest BCUT2D eigenvalue weighted by molar-refractivity contribution is 9.10. The number of benzene rings is 3. The summed E-state index contributed by atoms with van der Waals surface area (Å²) in [5, 5.41) is 3.73. The number of halogens is 3. The monoisotopic (exact) mass is 665 g/mol. The second kappa shape index (κ2) is 13.4. The van der Waals surface area contributed by atoms with Crippen molar-refractivity contribution in [3.8, 4) is 0 Å². The highest BCUT2D eigenvalue weighted by Gasteiger charge is 2.33. The highest BCUT2D eigenvalue weighted by Crippen LogP contribution is 2.27. The van der Waals surface area contributed by atoms with Gasteiger partial charge >= 0.3 is 0 Å². The van der Waals surface area contributed by atoms with Crippen LogP contribution in [0.25, 0.3) is 0 Å². The Bertz CT molecular complexity index is 1450. The average molecular weight is 667 g/mol. The Balaban J connectivity index is 1.68. The molecule has 3 aromatic rings. The fourth-order valence-electron chi connectivity index (χ4n) is 4.67. The van der Waals surface area contributed by atoms with Gasteiger partial charge in [0.15, 0.2) is 0 Å². The molecule has 1 saturated carbocycles. The second-order valence-electron chi connectivity index (χ2n) is 9.74. The largest absolute Gasteiger partial charge is 0.352 e. The van der Waals surface area contributed by atoms with Crippen molar-refractivity contribution >= 4 is 66.7 Å². The molecule has 1 aliphatic rings. The van der Waals surface area contributed by atoms with Crippen LogP contribution in [-0.4, -0.2) is 43.8 Å². The van der Waals surface area contributed by atoms with Gasteiger partial charge in [-0.2, -0.15) is 0 Å². The number of sulfonamides is 1. The Hall–Kier alpha value is -2.59. The van der Waals surface area contributed by atoms with E-state index in [1.165, 1.54) is 17.0 Å². The molecule has 3 aromatic carbocycles. The minimum absolute atomic E-state index is 0.0362. The van der Waals surface area contributed by atoms with Crippen molar-refractivity contribution in [1.82, 2.24) is 10.2 Å². The van der Waals surface area contributed by atoms with E-state index in [2.05, 4.69) is 21.2 Å². The molecule has 7 nitrogen and oxygen atoms in total. The van der Waals surface area contributed by atoms with E-state index in [-0.39, 0.29) is 23.4 Å². The molecule has 0 bridgehead atoms. The molecule has 40 heavy (non-hydrogen) atoms. The van der Waals surface area contributed by atoms with Gasteiger partial charge in [-0.3, -0.25) is 13.9 Å². The van der Waals surface area contributed by atoms with Gasteiger partial charge in [-0.1, -0.05) is 76.2 Å². The van der Waals surface area contributed by atoms with Gasteiger partial charge < -0.3 is 10.2 Å². The lowest BCUT2D eigenvalue weighted by molar-refractivity contribution is -0.139. The summed E-state index contributed by atoms with van der Waals surface area (Å²) in [5.41, 5.74) is 0.974. The first-order chi connectivity index (χ1) is 19.1. The van der Waals surface area contributed by atoms with E-state index in [4.69, 9.17) is 23.2 Å². The molecule has 2 amide bonds. The summed E-state index contributed by atoms with van der Waals surface area (Å²) in [7, 11) is -4.11.